The first-order valence-electron chi connectivity index (χ1n) is 6.72. The topological polar surface area (TPSA) is 33.1 Å². The molecule has 2 rings (SSSR count). The number of aromatic nitrogens is 2. The summed E-state index contributed by atoms with van der Waals surface area (Å²) in [6.07, 6.45) is 5.91. The van der Waals surface area contributed by atoms with Crippen LogP contribution in [0.3, 0.4) is 0 Å². The van der Waals surface area contributed by atoms with Crippen molar-refractivity contribution < 1.29 is 0 Å². The summed E-state index contributed by atoms with van der Waals surface area (Å²) >= 11 is 0. The Balaban J connectivity index is 1.85. The highest BCUT2D eigenvalue weighted by atomic mass is 15.3. The fourth-order valence-corrected chi connectivity index (χ4v) is 2.48. The molecule has 1 saturated heterocycles. The Morgan fingerprint density at radius 1 is 1.53 bits per heavy atom. The first-order chi connectivity index (χ1) is 8.29. The molecular formula is C13H24N4. The zero-order valence-corrected chi connectivity index (χ0v) is 11.0. The van der Waals surface area contributed by atoms with Crippen LogP contribution in [0.2, 0.25) is 0 Å². The second-order valence-electron chi connectivity index (χ2n) is 4.92. The Morgan fingerprint density at radius 3 is 3.00 bits per heavy atom. The highest BCUT2D eigenvalue weighted by Crippen LogP contribution is 2.10. The van der Waals surface area contributed by atoms with Crippen molar-refractivity contribution in [3.05, 3.63) is 18.0 Å². The van der Waals surface area contributed by atoms with E-state index < -0.39 is 0 Å². The van der Waals surface area contributed by atoms with E-state index in [1.807, 2.05) is 17.9 Å². The Kier molecular flexibility index (Phi) is 4.57. The van der Waals surface area contributed by atoms with Gasteiger partial charge in [0.25, 0.3) is 0 Å². The van der Waals surface area contributed by atoms with Gasteiger partial charge in [0.1, 0.15) is 0 Å². The van der Waals surface area contributed by atoms with E-state index in [0.29, 0.717) is 6.04 Å². The Morgan fingerprint density at radius 2 is 2.41 bits per heavy atom. The smallest absolute Gasteiger partial charge is 0.0521 e. The number of nitrogens with one attached hydrogen (secondary N) is 1. The average molecular weight is 236 g/mol. The third-order valence-corrected chi connectivity index (χ3v) is 3.65. The molecule has 1 unspecified atom stereocenters. The fourth-order valence-electron chi connectivity index (χ4n) is 2.48. The van der Waals surface area contributed by atoms with Gasteiger partial charge in [-0.15, -0.1) is 0 Å². The summed E-state index contributed by atoms with van der Waals surface area (Å²) < 4.78 is 1.97. The van der Waals surface area contributed by atoms with Gasteiger partial charge in [-0.3, -0.25) is 9.58 Å². The molecule has 1 aromatic rings. The van der Waals surface area contributed by atoms with Crippen molar-refractivity contribution in [3.63, 3.8) is 0 Å². The molecule has 1 fully saturated rings. The average Bonchev–Trinajstić information content (AvgIpc) is 2.75. The number of rotatable bonds is 5. The van der Waals surface area contributed by atoms with E-state index in [1.54, 1.807) is 0 Å². The van der Waals surface area contributed by atoms with Crippen LogP contribution >= 0.6 is 0 Å². The number of piperidine rings is 1. The third kappa shape index (κ3) is 3.54. The van der Waals surface area contributed by atoms with Crippen molar-refractivity contribution in [1.82, 2.24) is 20.0 Å². The van der Waals surface area contributed by atoms with Crippen molar-refractivity contribution in [2.24, 2.45) is 7.05 Å². The van der Waals surface area contributed by atoms with Crippen molar-refractivity contribution in [2.75, 3.05) is 19.6 Å². The largest absolute Gasteiger partial charge is 0.313 e. The van der Waals surface area contributed by atoms with Crippen LogP contribution in [0.1, 0.15) is 31.9 Å². The molecule has 4 nitrogen and oxygen atoms in total. The fraction of sp³-hybridized carbons (Fsp3) is 0.769. The predicted molar refractivity (Wildman–Crippen MR) is 69.8 cm³/mol. The van der Waals surface area contributed by atoms with Crippen LogP contribution < -0.4 is 5.32 Å². The molecule has 17 heavy (non-hydrogen) atoms. The van der Waals surface area contributed by atoms with Crippen LogP contribution in [0.4, 0.5) is 0 Å². The minimum atomic E-state index is 0.678. The van der Waals surface area contributed by atoms with Crippen molar-refractivity contribution in [3.8, 4) is 0 Å². The zero-order chi connectivity index (χ0) is 12.1. The third-order valence-electron chi connectivity index (χ3n) is 3.65. The summed E-state index contributed by atoms with van der Waals surface area (Å²) in [5, 5.41) is 7.84. The van der Waals surface area contributed by atoms with E-state index in [0.717, 1.165) is 19.6 Å². The molecule has 1 N–H and O–H groups in total. The first kappa shape index (κ1) is 12.6. The molecule has 4 heteroatoms. The number of likely N-dealkylation sites (N-methyl/N-ethyl adjacent to an activating group) is 1. The van der Waals surface area contributed by atoms with Crippen LogP contribution in [-0.2, 0) is 13.6 Å². The summed E-state index contributed by atoms with van der Waals surface area (Å²) in [7, 11) is 2.02. The lowest BCUT2D eigenvalue weighted by Crippen LogP contribution is -2.43. The maximum absolute atomic E-state index is 4.23. The Hall–Kier alpha value is -0.870. The van der Waals surface area contributed by atoms with Gasteiger partial charge in [-0.1, -0.05) is 13.3 Å². The molecular weight excluding hydrogens is 212 g/mol. The van der Waals surface area contributed by atoms with Crippen LogP contribution in [0.15, 0.2) is 12.3 Å². The van der Waals surface area contributed by atoms with E-state index in [4.69, 9.17) is 0 Å². The molecule has 96 valence electrons. The first-order valence-corrected chi connectivity index (χ1v) is 6.72. The maximum Gasteiger partial charge on any atom is 0.0521 e. The predicted octanol–water partition coefficient (Wildman–Crippen LogP) is 1.38. The summed E-state index contributed by atoms with van der Waals surface area (Å²) in [6, 6.07) is 2.79. The highest BCUT2D eigenvalue weighted by molar-refractivity contribution is 4.99. The van der Waals surface area contributed by atoms with Gasteiger partial charge >= 0.3 is 0 Å². The number of hydrogen-bond acceptors (Lipinski definition) is 3. The van der Waals surface area contributed by atoms with Crippen LogP contribution in [0, 0.1) is 0 Å². The lowest BCUT2D eigenvalue weighted by atomic mass is 10.0. The lowest BCUT2D eigenvalue weighted by molar-refractivity contribution is 0.222. The summed E-state index contributed by atoms with van der Waals surface area (Å²) in [6.45, 7) is 6.68. The monoisotopic (exact) mass is 236 g/mol. The molecule has 1 atom stereocenters. The van der Waals surface area contributed by atoms with Crippen molar-refractivity contribution in [2.45, 2.75) is 38.8 Å². The normalized spacial score (nSPS) is 21.0. The molecule has 0 spiro atoms. The van der Waals surface area contributed by atoms with E-state index in [2.05, 4.69) is 28.3 Å². The summed E-state index contributed by atoms with van der Waals surface area (Å²) in [4.78, 5) is 2.50. The Bertz CT molecular complexity index is 328. The highest BCUT2D eigenvalue weighted by Gasteiger charge is 2.16. The molecule has 1 aliphatic heterocycles. The Labute approximate surface area is 104 Å². The van der Waals surface area contributed by atoms with Gasteiger partial charge < -0.3 is 5.32 Å². The van der Waals surface area contributed by atoms with Crippen molar-refractivity contribution >= 4 is 0 Å². The maximum atomic E-state index is 4.23. The van der Waals surface area contributed by atoms with E-state index >= 15 is 0 Å². The zero-order valence-electron chi connectivity index (χ0n) is 11.0. The van der Waals surface area contributed by atoms with Gasteiger partial charge in [-0.2, -0.15) is 5.10 Å². The van der Waals surface area contributed by atoms with Gasteiger partial charge in [0, 0.05) is 32.4 Å². The second kappa shape index (κ2) is 6.17. The standard InChI is InChI=1S/C13H24N4/c1-3-17(10-12-6-4-5-8-14-12)11-13-7-9-15-16(13)2/h7,9,12,14H,3-6,8,10-11H2,1-2H3. The summed E-state index contributed by atoms with van der Waals surface area (Å²) in [5.41, 5.74) is 1.29. The van der Waals surface area contributed by atoms with Gasteiger partial charge in [0.2, 0.25) is 0 Å². The molecule has 0 aromatic carbocycles. The molecule has 0 bridgehead atoms. The minimum absolute atomic E-state index is 0.678. The molecule has 1 aromatic heterocycles. The van der Waals surface area contributed by atoms with Gasteiger partial charge in [-0.05, 0) is 32.0 Å². The number of aryl methyl sites for hydroxylation is 1. The molecule has 2 heterocycles. The molecule has 0 radical (unpaired) electrons. The van der Waals surface area contributed by atoms with Gasteiger partial charge in [-0.25, -0.2) is 0 Å². The van der Waals surface area contributed by atoms with E-state index in [1.165, 1.54) is 31.5 Å². The quantitative estimate of drug-likeness (QED) is 0.838. The second-order valence-corrected chi connectivity index (χ2v) is 4.92. The number of hydrogen-bond donors (Lipinski definition) is 1. The minimum Gasteiger partial charge on any atom is -0.313 e. The SMILES string of the molecule is CCN(Cc1ccnn1C)CC1CCCCN1. The van der Waals surface area contributed by atoms with E-state index in [9.17, 15) is 0 Å². The molecule has 0 amide bonds. The van der Waals surface area contributed by atoms with Crippen LogP contribution in [0.25, 0.3) is 0 Å². The van der Waals surface area contributed by atoms with Gasteiger partial charge in [0.05, 0.1) is 5.69 Å². The molecule has 1 aliphatic rings. The molecule has 0 saturated carbocycles. The van der Waals surface area contributed by atoms with Crippen molar-refractivity contribution in [1.29, 1.82) is 0 Å². The number of nitrogens with zero attached hydrogens (tertiary/aromatic N) is 3. The van der Waals surface area contributed by atoms with Crippen LogP contribution in [-0.4, -0.2) is 40.4 Å². The van der Waals surface area contributed by atoms with E-state index in [-0.39, 0.29) is 0 Å². The van der Waals surface area contributed by atoms with Gasteiger partial charge in [0.15, 0.2) is 0 Å². The van der Waals surface area contributed by atoms with Crippen LogP contribution in [0.5, 0.6) is 0 Å². The molecule has 0 aliphatic carbocycles. The summed E-state index contributed by atoms with van der Waals surface area (Å²) in [5.74, 6) is 0. The lowest BCUT2D eigenvalue weighted by Gasteiger charge is -2.29.